The number of alkyl halides is 1. The smallest absolute Gasteiger partial charge is 0.322 e. The standard InChI is InChI=1S/C16H17ClN2O2/c1-10-12(8-17)9-18-15(19-10)20-13-6-4-5-11-7-16(2,3)21-14(11)13/h4-6,9H,7-8H2,1-3H3. The molecule has 110 valence electrons. The molecule has 2 heterocycles. The minimum Gasteiger partial charge on any atom is -0.483 e. The Balaban J connectivity index is 1.90. The van der Waals surface area contributed by atoms with Crippen molar-refractivity contribution in [3.05, 3.63) is 41.2 Å². The maximum atomic E-state index is 5.97. The molecular weight excluding hydrogens is 288 g/mol. The van der Waals surface area contributed by atoms with E-state index in [1.54, 1.807) is 6.20 Å². The number of hydrogen-bond donors (Lipinski definition) is 0. The molecule has 1 aliphatic heterocycles. The fourth-order valence-corrected chi connectivity index (χ4v) is 2.68. The molecule has 0 saturated heterocycles. The zero-order chi connectivity index (χ0) is 15.0. The minimum absolute atomic E-state index is 0.207. The molecular formula is C16H17ClN2O2. The summed E-state index contributed by atoms with van der Waals surface area (Å²) >= 11 is 5.81. The Kier molecular flexibility index (Phi) is 3.49. The molecule has 0 amide bonds. The monoisotopic (exact) mass is 304 g/mol. The normalized spacial score (nSPS) is 15.4. The molecule has 5 heteroatoms. The van der Waals surface area contributed by atoms with Crippen LogP contribution in [0.25, 0.3) is 0 Å². The van der Waals surface area contributed by atoms with Crippen molar-refractivity contribution >= 4 is 11.6 Å². The summed E-state index contributed by atoms with van der Waals surface area (Å²) < 4.78 is 11.8. The van der Waals surface area contributed by atoms with Crippen molar-refractivity contribution in [3.63, 3.8) is 0 Å². The maximum absolute atomic E-state index is 5.97. The van der Waals surface area contributed by atoms with Crippen LogP contribution in [-0.2, 0) is 12.3 Å². The lowest BCUT2D eigenvalue weighted by Crippen LogP contribution is -2.24. The molecule has 1 aromatic heterocycles. The highest BCUT2D eigenvalue weighted by Crippen LogP contribution is 2.42. The summed E-state index contributed by atoms with van der Waals surface area (Å²) in [7, 11) is 0. The second-order valence-corrected chi connectivity index (χ2v) is 6.05. The molecule has 1 aliphatic rings. The van der Waals surface area contributed by atoms with Gasteiger partial charge in [-0.05, 0) is 26.8 Å². The van der Waals surface area contributed by atoms with E-state index in [0.29, 0.717) is 17.6 Å². The highest BCUT2D eigenvalue weighted by molar-refractivity contribution is 6.17. The predicted octanol–water partition coefficient (Wildman–Crippen LogP) is 4.03. The van der Waals surface area contributed by atoms with Crippen molar-refractivity contribution in [1.29, 1.82) is 0 Å². The van der Waals surface area contributed by atoms with E-state index < -0.39 is 0 Å². The Morgan fingerprint density at radius 3 is 2.90 bits per heavy atom. The van der Waals surface area contributed by atoms with Gasteiger partial charge in [0.15, 0.2) is 11.5 Å². The van der Waals surface area contributed by atoms with E-state index in [0.717, 1.165) is 29.0 Å². The van der Waals surface area contributed by atoms with E-state index in [1.165, 1.54) is 0 Å². The average Bonchev–Trinajstić information content (AvgIpc) is 2.74. The van der Waals surface area contributed by atoms with Crippen molar-refractivity contribution in [2.75, 3.05) is 0 Å². The number of fused-ring (bicyclic) bond motifs is 1. The van der Waals surface area contributed by atoms with Gasteiger partial charge in [-0.25, -0.2) is 4.98 Å². The summed E-state index contributed by atoms with van der Waals surface area (Å²) in [5, 5.41) is 0. The van der Waals surface area contributed by atoms with Gasteiger partial charge in [0.25, 0.3) is 0 Å². The highest BCUT2D eigenvalue weighted by Gasteiger charge is 2.32. The largest absolute Gasteiger partial charge is 0.483 e. The molecule has 0 aliphatic carbocycles. The molecule has 0 unspecified atom stereocenters. The molecule has 0 N–H and O–H groups in total. The van der Waals surface area contributed by atoms with Crippen molar-refractivity contribution in [1.82, 2.24) is 9.97 Å². The van der Waals surface area contributed by atoms with Gasteiger partial charge in [0.1, 0.15) is 5.60 Å². The highest BCUT2D eigenvalue weighted by atomic mass is 35.5. The van der Waals surface area contributed by atoms with Gasteiger partial charge >= 0.3 is 6.01 Å². The van der Waals surface area contributed by atoms with Crippen LogP contribution in [0.4, 0.5) is 0 Å². The Hall–Kier alpha value is -1.81. The van der Waals surface area contributed by atoms with E-state index >= 15 is 0 Å². The zero-order valence-electron chi connectivity index (χ0n) is 12.3. The molecule has 4 nitrogen and oxygen atoms in total. The van der Waals surface area contributed by atoms with Gasteiger partial charge in [0.2, 0.25) is 0 Å². The Morgan fingerprint density at radius 2 is 2.19 bits per heavy atom. The van der Waals surface area contributed by atoms with Crippen molar-refractivity contribution in [3.8, 4) is 17.5 Å². The van der Waals surface area contributed by atoms with Crippen LogP contribution < -0.4 is 9.47 Å². The van der Waals surface area contributed by atoms with Crippen LogP contribution in [0.5, 0.6) is 17.5 Å². The van der Waals surface area contributed by atoms with Gasteiger partial charge in [-0.1, -0.05) is 12.1 Å². The van der Waals surface area contributed by atoms with Crippen LogP contribution in [0, 0.1) is 6.92 Å². The summed E-state index contributed by atoms with van der Waals surface area (Å²) in [5.74, 6) is 1.82. The van der Waals surface area contributed by atoms with E-state index in [9.17, 15) is 0 Å². The van der Waals surface area contributed by atoms with Crippen LogP contribution in [0.3, 0.4) is 0 Å². The van der Waals surface area contributed by atoms with Crippen LogP contribution in [0.2, 0.25) is 0 Å². The third kappa shape index (κ3) is 2.81. The second-order valence-electron chi connectivity index (χ2n) is 5.78. The Morgan fingerprint density at radius 1 is 1.38 bits per heavy atom. The Labute approximate surface area is 129 Å². The molecule has 21 heavy (non-hydrogen) atoms. The van der Waals surface area contributed by atoms with Crippen molar-refractivity contribution in [2.45, 2.75) is 38.7 Å². The SMILES string of the molecule is Cc1nc(Oc2cccc3c2OC(C)(C)C3)ncc1CCl. The topological polar surface area (TPSA) is 44.2 Å². The fraction of sp³-hybridized carbons (Fsp3) is 0.375. The number of hydrogen-bond acceptors (Lipinski definition) is 4. The first-order chi connectivity index (χ1) is 9.98. The molecule has 3 rings (SSSR count). The maximum Gasteiger partial charge on any atom is 0.322 e. The first-order valence-corrected chi connectivity index (χ1v) is 7.39. The number of para-hydroxylation sites is 1. The van der Waals surface area contributed by atoms with Gasteiger partial charge in [-0.15, -0.1) is 11.6 Å². The van der Waals surface area contributed by atoms with Gasteiger partial charge in [0.05, 0.1) is 5.88 Å². The number of rotatable bonds is 3. The number of benzene rings is 1. The zero-order valence-corrected chi connectivity index (χ0v) is 13.1. The third-order valence-corrected chi connectivity index (χ3v) is 3.75. The van der Waals surface area contributed by atoms with E-state index in [4.69, 9.17) is 21.1 Å². The van der Waals surface area contributed by atoms with Crippen LogP contribution in [0.1, 0.15) is 30.7 Å². The van der Waals surface area contributed by atoms with Crippen molar-refractivity contribution < 1.29 is 9.47 Å². The number of nitrogens with zero attached hydrogens (tertiary/aromatic N) is 2. The molecule has 0 atom stereocenters. The van der Waals surface area contributed by atoms with Gasteiger partial charge in [-0.3, -0.25) is 0 Å². The van der Waals surface area contributed by atoms with Crippen LogP contribution in [-0.4, -0.2) is 15.6 Å². The van der Waals surface area contributed by atoms with E-state index in [-0.39, 0.29) is 5.60 Å². The number of halogens is 1. The summed E-state index contributed by atoms with van der Waals surface area (Å²) in [4.78, 5) is 8.52. The first-order valence-electron chi connectivity index (χ1n) is 6.86. The van der Waals surface area contributed by atoms with Gasteiger partial charge in [-0.2, -0.15) is 4.98 Å². The lowest BCUT2D eigenvalue weighted by molar-refractivity contribution is 0.134. The predicted molar refractivity (Wildman–Crippen MR) is 81.3 cm³/mol. The summed E-state index contributed by atoms with van der Waals surface area (Å²) in [5.41, 5.74) is 2.66. The molecule has 0 bridgehead atoms. The van der Waals surface area contributed by atoms with E-state index in [1.807, 2.05) is 19.1 Å². The molecule has 0 saturated carbocycles. The molecule has 2 aromatic rings. The fourth-order valence-electron chi connectivity index (χ4n) is 2.42. The van der Waals surface area contributed by atoms with Gasteiger partial charge in [0, 0.05) is 29.4 Å². The Bertz CT molecular complexity index is 686. The van der Waals surface area contributed by atoms with Gasteiger partial charge < -0.3 is 9.47 Å². The number of aryl methyl sites for hydroxylation is 1. The van der Waals surface area contributed by atoms with Crippen LogP contribution >= 0.6 is 11.6 Å². The summed E-state index contributed by atoms with van der Waals surface area (Å²) in [6.07, 6.45) is 2.56. The summed E-state index contributed by atoms with van der Waals surface area (Å²) in [6, 6.07) is 6.19. The van der Waals surface area contributed by atoms with Crippen molar-refractivity contribution in [2.24, 2.45) is 0 Å². The summed E-state index contributed by atoms with van der Waals surface area (Å²) in [6.45, 7) is 6.01. The minimum atomic E-state index is -0.207. The number of ether oxygens (including phenoxy) is 2. The van der Waals surface area contributed by atoms with E-state index in [2.05, 4.69) is 29.9 Å². The number of aromatic nitrogens is 2. The third-order valence-electron chi connectivity index (χ3n) is 3.46. The molecule has 0 spiro atoms. The van der Waals surface area contributed by atoms with Crippen LogP contribution in [0.15, 0.2) is 24.4 Å². The lowest BCUT2D eigenvalue weighted by atomic mass is 10.0. The first kappa shape index (κ1) is 14.1. The quantitative estimate of drug-likeness (QED) is 0.803. The molecule has 0 radical (unpaired) electrons. The second kappa shape index (κ2) is 5.19. The lowest BCUT2D eigenvalue weighted by Gasteiger charge is -2.18. The molecule has 1 aromatic carbocycles. The molecule has 0 fully saturated rings. The average molecular weight is 305 g/mol.